The van der Waals surface area contributed by atoms with E-state index in [1.807, 2.05) is 18.3 Å². The van der Waals surface area contributed by atoms with Crippen molar-refractivity contribution in [1.29, 1.82) is 0 Å². The molecule has 4 rings (SSSR count). The van der Waals surface area contributed by atoms with E-state index < -0.39 is 10.0 Å². The highest BCUT2D eigenvalue weighted by atomic mass is 32.2. The Kier molecular flexibility index (Phi) is 5.83. The van der Waals surface area contributed by atoms with Crippen LogP contribution in [0.5, 0.6) is 0 Å². The smallest absolute Gasteiger partial charge is 0.223 e. The largest absolute Gasteiger partial charge is 0.349 e. The second-order valence-electron chi connectivity index (χ2n) is 9.37. The first-order valence-electron chi connectivity index (χ1n) is 10.6. The Bertz CT molecular complexity index is 1060. The molecule has 9 heteroatoms. The van der Waals surface area contributed by atoms with Crippen LogP contribution < -0.4 is 5.32 Å². The van der Waals surface area contributed by atoms with E-state index >= 15 is 0 Å². The molecule has 1 aliphatic heterocycles. The van der Waals surface area contributed by atoms with Crippen molar-refractivity contribution in [2.24, 2.45) is 11.3 Å². The van der Waals surface area contributed by atoms with Crippen LogP contribution in [-0.4, -0.2) is 52.9 Å². The van der Waals surface area contributed by atoms with Gasteiger partial charge in [-0.1, -0.05) is 13.8 Å². The molecular weight excluding hydrogens is 414 g/mol. The second-order valence-corrected chi connectivity index (χ2v) is 11.4. The van der Waals surface area contributed by atoms with Crippen LogP contribution in [0.2, 0.25) is 0 Å². The summed E-state index contributed by atoms with van der Waals surface area (Å²) in [7, 11) is -3.20. The summed E-state index contributed by atoms with van der Waals surface area (Å²) in [5, 5.41) is 3.22. The maximum absolute atomic E-state index is 13.0. The second kappa shape index (κ2) is 8.27. The number of carbonyl (C=O) groups is 1. The summed E-state index contributed by atoms with van der Waals surface area (Å²) in [6, 6.07) is 3.63. The van der Waals surface area contributed by atoms with Gasteiger partial charge < -0.3 is 5.32 Å². The van der Waals surface area contributed by atoms with E-state index in [-0.39, 0.29) is 23.3 Å². The lowest BCUT2D eigenvalue weighted by Crippen LogP contribution is -2.44. The van der Waals surface area contributed by atoms with E-state index in [2.05, 4.69) is 29.1 Å². The molecule has 2 aromatic heterocycles. The fourth-order valence-corrected chi connectivity index (χ4v) is 5.43. The zero-order valence-electron chi connectivity index (χ0n) is 18.2. The number of piperidine rings is 1. The number of hydrogen-bond donors (Lipinski definition) is 1. The topological polar surface area (TPSA) is 105 Å². The predicted molar refractivity (Wildman–Crippen MR) is 117 cm³/mol. The van der Waals surface area contributed by atoms with Crippen molar-refractivity contribution in [3.63, 3.8) is 0 Å². The molecule has 166 valence electrons. The molecule has 31 heavy (non-hydrogen) atoms. The van der Waals surface area contributed by atoms with E-state index in [9.17, 15) is 13.2 Å². The molecular formula is C22H29N5O3S. The molecule has 0 spiro atoms. The van der Waals surface area contributed by atoms with Gasteiger partial charge in [-0.3, -0.25) is 9.78 Å². The first-order chi connectivity index (χ1) is 14.6. The first kappa shape index (κ1) is 21.8. The fourth-order valence-electron chi connectivity index (χ4n) is 4.56. The predicted octanol–water partition coefficient (Wildman–Crippen LogP) is 2.34. The minimum absolute atomic E-state index is 0.00549. The number of sulfonamides is 1. The standard InChI is InChI=1S/C22H29N5O3S/c1-22(2)12-18-17(14-24-20(25-18)15-4-8-23-9-5-15)19(13-22)26-21(28)16-6-10-27(11-7-16)31(3,29)30/h4-5,8-9,14,16,19H,6-7,10-13H2,1-3H3,(H,26,28). The Morgan fingerprint density at radius 2 is 1.87 bits per heavy atom. The van der Waals surface area contributed by atoms with Crippen LogP contribution in [0.4, 0.5) is 0 Å². The zero-order valence-corrected chi connectivity index (χ0v) is 19.0. The number of fused-ring (bicyclic) bond motifs is 1. The number of amides is 1. The highest BCUT2D eigenvalue weighted by Crippen LogP contribution is 2.40. The molecule has 0 saturated carbocycles. The van der Waals surface area contributed by atoms with Gasteiger partial charge in [0.15, 0.2) is 5.82 Å². The fraction of sp³-hybridized carbons (Fsp3) is 0.545. The average Bonchev–Trinajstić information content (AvgIpc) is 2.72. The minimum atomic E-state index is -3.20. The van der Waals surface area contributed by atoms with Crippen molar-refractivity contribution in [1.82, 2.24) is 24.6 Å². The Labute approximate surface area is 183 Å². The minimum Gasteiger partial charge on any atom is -0.349 e. The summed E-state index contributed by atoms with van der Waals surface area (Å²) in [6.45, 7) is 5.16. The van der Waals surface area contributed by atoms with Crippen molar-refractivity contribution in [3.05, 3.63) is 42.0 Å². The molecule has 1 saturated heterocycles. The van der Waals surface area contributed by atoms with Gasteiger partial charge in [0.25, 0.3) is 0 Å². The van der Waals surface area contributed by atoms with Gasteiger partial charge in [0.2, 0.25) is 15.9 Å². The Morgan fingerprint density at radius 1 is 1.19 bits per heavy atom. The summed E-state index contributed by atoms with van der Waals surface area (Å²) >= 11 is 0. The monoisotopic (exact) mass is 443 g/mol. The lowest BCUT2D eigenvalue weighted by molar-refractivity contribution is -0.127. The summed E-state index contributed by atoms with van der Waals surface area (Å²) in [5.41, 5.74) is 2.85. The highest BCUT2D eigenvalue weighted by molar-refractivity contribution is 7.88. The third-order valence-electron chi connectivity index (χ3n) is 6.23. The van der Waals surface area contributed by atoms with Crippen LogP contribution in [0, 0.1) is 11.3 Å². The normalized spacial score (nSPS) is 22.0. The van der Waals surface area contributed by atoms with E-state index in [0.29, 0.717) is 31.8 Å². The molecule has 0 aromatic carbocycles. The molecule has 1 N–H and O–H groups in total. The van der Waals surface area contributed by atoms with E-state index in [0.717, 1.165) is 29.7 Å². The highest BCUT2D eigenvalue weighted by Gasteiger charge is 2.36. The molecule has 1 fully saturated rings. The van der Waals surface area contributed by atoms with Crippen molar-refractivity contribution in [3.8, 4) is 11.4 Å². The van der Waals surface area contributed by atoms with Gasteiger partial charge in [-0.25, -0.2) is 22.7 Å². The maximum atomic E-state index is 13.0. The molecule has 1 amide bonds. The maximum Gasteiger partial charge on any atom is 0.223 e. The van der Waals surface area contributed by atoms with Gasteiger partial charge in [-0.2, -0.15) is 0 Å². The lowest BCUT2D eigenvalue weighted by Gasteiger charge is -2.37. The summed E-state index contributed by atoms with van der Waals surface area (Å²) in [5.74, 6) is 0.473. The molecule has 1 atom stereocenters. The lowest BCUT2D eigenvalue weighted by atomic mass is 9.74. The Hall–Kier alpha value is -2.39. The van der Waals surface area contributed by atoms with Crippen molar-refractivity contribution in [2.75, 3.05) is 19.3 Å². The van der Waals surface area contributed by atoms with Gasteiger partial charge in [-0.15, -0.1) is 0 Å². The molecule has 1 aliphatic carbocycles. The van der Waals surface area contributed by atoms with E-state index in [4.69, 9.17) is 4.98 Å². The number of nitrogens with one attached hydrogen (secondary N) is 1. The van der Waals surface area contributed by atoms with Gasteiger partial charge in [0.1, 0.15) is 0 Å². The van der Waals surface area contributed by atoms with Crippen molar-refractivity contribution < 1.29 is 13.2 Å². The molecule has 2 aliphatic rings. The van der Waals surface area contributed by atoms with Gasteiger partial charge in [0, 0.05) is 48.7 Å². The Balaban J connectivity index is 1.51. The molecule has 3 heterocycles. The molecule has 1 unspecified atom stereocenters. The van der Waals surface area contributed by atoms with E-state index in [1.165, 1.54) is 10.6 Å². The molecule has 8 nitrogen and oxygen atoms in total. The number of nitrogens with zero attached hydrogens (tertiary/aromatic N) is 4. The molecule has 2 aromatic rings. The number of pyridine rings is 1. The van der Waals surface area contributed by atoms with Crippen LogP contribution >= 0.6 is 0 Å². The van der Waals surface area contributed by atoms with Crippen LogP contribution in [0.25, 0.3) is 11.4 Å². The van der Waals surface area contributed by atoms with Gasteiger partial charge in [-0.05, 0) is 43.2 Å². The third-order valence-corrected chi connectivity index (χ3v) is 7.53. The molecule has 0 bridgehead atoms. The average molecular weight is 444 g/mol. The number of carbonyl (C=O) groups excluding carboxylic acids is 1. The SMILES string of the molecule is CC1(C)Cc2nc(-c3ccncc3)ncc2C(NC(=O)C2CCN(S(C)(=O)=O)CC2)C1. The van der Waals surface area contributed by atoms with Crippen LogP contribution in [0.3, 0.4) is 0 Å². The third kappa shape index (κ3) is 4.93. The van der Waals surface area contributed by atoms with Crippen molar-refractivity contribution in [2.45, 2.75) is 45.6 Å². The van der Waals surface area contributed by atoms with Crippen LogP contribution in [0.1, 0.15) is 50.4 Å². The Morgan fingerprint density at radius 3 is 2.52 bits per heavy atom. The summed E-state index contributed by atoms with van der Waals surface area (Å²) in [6.07, 6.45) is 9.21. The van der Waals surface area contributed by atoms with E-state index in [1.54, 1.807) is 12.4 Å². The quantitative estimate of drug-likeness (QED) is 0.778. The first-order valence-corrected chi connectivity index (χ1v) is 12.5. The van der Waals surface area contributed by atoms with Crippen LogP contribution in [-0.2, 0) is 21.2 Å². The van der Waals surface area contributed by atoms with Crippen molar-refractivity contribution >= 4 is 15.9 Å². The zero-order chi connectivity index (χ0) is 22.2. The number of hydrogen-bond acceptors (Lipinski definition) is 6. The number of rotatable bonds is 4. The summed E-state index contributed by atoms with van der Waals surface area (Å²) in [4.78, 5) is 26.4. The van der Waals surface area contributed by atoms with Crippen LogP contribution in [0.15, 0.2) is 30.7 Å². The number of aromatic nitrogens is 3. The van der Waals surface area contributed by atoms with Gasteiger partial charge in [0.05, 0.1) is 18.0 Å². The van der Waals surface area contributed by atoms with Gasteiger partial charge >= 0.3 is 0 Å². The summed E-state index contributed by atoms with van der Waals surface area (Å²) < 4.78 is 24.9. The molecule has 0 radical (unpaired) electrons.